The van der Waals surface area contributed by atoms with Crippen LogP contribution in [0.15, 0.2) is 24.3 Å². The third kappa shape index (κ3) is 3.16. The molecule has 2 unspecified atom stereocenters. The Labute approximate surface area is 115 Å². The molecule has 1 amide bonds. The molecule has 0 radical (unpaired) electrons. The van der Waals surface area contributed by atoms with Gasteiger partial charge in [-0.15, -0.1) is 0 Å². The Morgan fingerprint density at radius 3 is 2.47 bits per heavy atom. The van der Waals surface area contributed by atoms with Crippen molar-refractivity contribution in [1.29, 1.82) is 0 Å². The molecule has 1 saturated carbocycles. The molecule has 2 rings (SSSR count). The number of hydrogen-bond acceptors (Lipinski definition) is 2. The van der Waals surface area contributed by atoms with Gasteiger partial charge in [-0.05, 0) is 37.0 Å². The van der Waals surface area contributed by atoms with Crippen LogP contribution in [0.2, 0.25) is 0 Å². The van der Waals surface area contributed by atoms with Gasteiger partial charge >= 0.3 is 0 Å². The maximum Gasteiger partial charge on any atom is 0.231 e. The number of amides is 1. The van der Waals surface area contributed by atoms with Crippen molar-refractivity contribution in [3.05, 3.63) is 29.8 Å². The molecular weight excluding hydrogens is 236 g/mol. The van der Waals surface area contributed by atoms with Crippen LogP contribution in [0.5, 0.6) is 0 Å². The lowest BCUT2D eigenvalue weighted by atomic mass is 9.84. The van der Waals surface area contributed by atoms with E-state index in [0.717, 1.165) is 37.8 Å². The van der Waals surface area contributed by atoms with Gasteiger partial charge in [0.05, 0.1) is 5.92 Å². The van der Waals surface area contributed by atoms with Gasteiger partial charge in [0.2, 0.25) is 5.91 Å². The molecule has 0 saturated heterocycles. The highest BCUT2D eigenvalue weighted by Crippen LogP contribution is 2.26. The fourth-order valence-electron chi connectivity index (χ4n) is 2.80. The van der Waals surface area contributed by atoms with E-state index in [4.69, 9.17) is 5.73 Å². The summed E-state index contributed by atoms with van der Waals surface area (Å²) in [5.74, 6) is 0.154. The van der Waals surface area contributed by atoms with E-state index in [-0.39, 0.29) is 17.9 Å². The second kappa shape index (κ2) is 6.20. The summed E-state index contributed by atoms with van der Waals surface area (Å²) in [5.41, 5.74) is 8.34. The molecule has 3 nitrogen and oxygen atoms in total. The van der Waals surface area contributed by atoms with Crippen molar-refractivity contribution in [2.75, 3.05) is 11.9 Å². The topological polar surface area (TPSA) is 46.3 Å². The maximum atomic E-state index is 12.5. The molecule has 104 valence electrons. The molecule has 1 fully saturated rings. The number of hydrogen-bond donors (Lipinski definition) is 1. The third-order valence-electron chi connectivity index (χ3n) is 4.20. The van der Waals surface area contributed by atoms with Crippen LogP contribution in [0.25, 0.3) is 0 Å². The number of anilines is 1. The van der Waals surface area contributed by atoms with Gasteiger partial charge in [0.15, 0.2) is 0 Å². The zero-order valence-electron chi connectivity index (χ0n) is 11.9. The van der Waals surface area contributed by atoms with Crippen molar-refractivity contribution in [3.8, 4) is 0 Å². The second-order valence-corrected chi connectivity index (χ2v) is 5.47. The predicted octanol–water partition coefficient (Wildman–Crippen LogP) is 2.73. The lowest BCUT2D eigenvalue weighted by Gasteiger charge is -2.31. The van der Waals surface area contributed by atoms with Crippen LogP contribution in [0.3, 0.4) is 0 Å². The summed E-state index contributed by atoms with van der Waals surface area (Å²) in [7, 11) is 1.85. The van der Waals surface area contributed by atoms with E-state index in [1.165, 1.54) is 5.56 Å². The first-order chi connectivity index (χ1) is 9.13. The summed E-state index contributed by atoms with van der Waals surface area (Å²) < 4.78 is 0. The van der Waals surface area contributed by atoms with Gasteiger partial charge in [0.25, 0.3) is 0 Å². The Hall–Kier alpha value is -1.35. The minimum atomic E-state index is -0.00963. The monoisotopic (exact) mass is 260 g/mol. The van der Waals surface area contributed by atoms with Gasteiger partial charge in [0.1, 0.15) is 0 Å². The van der Waals surface area contributed by atoms with Crippen molar-refractivity contribution in [1.82, 2.24) is 0 Å². The third-order valence-corrected chi connectivity index (χ3v) is 4.20. The number of carbonyl (C=O) groups excluding carboxylic acids is 1. The SMILES string of the molecule is CCc1ccc(N(C)C(=O)C2CCCCC2N)cc1. The molecule has 0 spiro atoms. The maximum absolute atomic E-state index is 12.5. The van der Waals surface area contributed by atoms with Crippen molar-refractivity contribution in [2.24, 2.45) is 11.7 Å². The van der Waals surface area contributed by atoms with Crippen LogP contribution in [0.4, 0.5) is 5.69 Å². The first-order valence-corrected chi connectivity index (χ1v) is 7.25. The van der Waals surface area contributed by atoms with E-state index >= 15 is 0 Å². The zero-order chi connectivity index (χ0) is 13.8. The Morgan fingerprint density at radius 1 is 1.26 bits per heavy atom. The van der Waals surface area contributed by atoms with Crippen LogP contribution in [0.1, 0.15) is 38.2 Å². The summed E-state index contributed by atoms with van der Waals surface area (Å²) in [6.45, 7) is 2.13. The molecular formula is C16H24N2O. The number of carbonyl (C=O) groups is 1. The van der Waals surface area contributed by atoms with Crippen molar-refractivity contribution >= 4 is 11.6 Å². The zero-order valence-corrected chi connectivity index (χ0v) is 11.9. The highest BCUT2D eigenvalue weighted by molar-refractivity contribution is 5.95. The Kier molecular flexibility index (Phi) is 4.59. The molecule has 0 bridgehead atoms. The number of aryl methyl sites for hydroxylation is 1. The average molecular weight is 260 g/mol. The molecule has 0 heterocycles. The van der Waals surface area contributed by atoms with Crippen LogP contribution in [-0.2, 0) is 11.2 Å². The largest absolute Gasteiger partial charge is 0.327 e. The van der Waals surface area contributed by atoms with E-state index in [1.807, 2.05) is 19.2 Å². The smallest absolute Gasteiger partial charge is 0.231 e. The van der Waals surface area contributed by atoms with E-state index in [0.29, 0.717) is 0 Å². The van der Waals surface area contributed by atoms with Gasteiger partial charge in [-0.2, -0.15) is 0 Å². The fraction of sp³-hybridized carbons (Fsp3) is 0.562. The van der Waals surface area contributed by atoms with Gasteiger partial charge in [0, 0.05) is 18.8 Å². The molecule has 1 aliphatic rings. The van der Waals surface area contributed by atoms with Crippen molar-refractivity contribution in [2.45, 2.75) is 45.1 Å². The predicted molar refractivity (Wildman–Crippen MR) is 79.2 cm³/mol. The normalized spacial score (nSPS) is 23.1. The molecule has 1 aromatic rings. The quantitative estimate of drug-likeness (QED) is 0.908. The number of nitrogens with zero attached hydrogens (tertiary/aromatic N) is 1. The number of rotatable bonds is 3. The van der Waals surface area contributed by atoms with E-state index in [9.17, 15) is 4.79 Å². The molecule has 19 heavy (non-hydrogen) atoms. The average Bonchev–Trinajstić information content (AvgIpc) is 2.46. The Balaban J connectivity index is 2.08. The fourth-order valence-corrected chi connectivity index (χ4v) is 2.80. The van der Waals surface area contributed by atoms with Crippen LogP contribution >= 0.6 is 0 Å². The van der Waals surface area contributed by atoms with Gasteiger partial charge in [-0.1, -0.05) is 31.9 Å². The highest BCUT2D eigenvalue weighted by Gasteiger charge is 2.30. The van der Waals surface area contributed by atoms with E-state index in [2.05, 4.69) is 19.1 Å². The van der Waals surface area contributed by atoms with Crippen molar-refractivity contribution < 1.29 is 4.79 Å². The van der Waals surface area contributed by atoms with Crippen LogP contribution < -0.4 is 10.6 Å². The van der Waals surface area contributed by atoms with Gasteiger partial charge < -0.3 is 10.6 Å². The Bertz CT molecular complexity index is 427. The summed E-state index contributed by atoms with van der Waals surface area (Å²) in [5, 5.41) is 0. The minimum absolute atomic E-state index is 0.00963. The van der Waals surface area contributed by atoms with Crippen LogP contribution in [-0.4, -0.2) is 19.0 Å². The number of benzene rings is 1. The molecule has 1 aromatic carbocycles. The van der Waals surface area contributed by atoms with Gasteiger partial charge in [-0.25, -0.2) is 0 Å². The molecule has 3 heteroatoms. The van der Waals surface area contributed by atoms with E-state index in [1.54, 1.807) is 4.90 Å². The molecule has 2 N–H and O–H groups in total. The molecule has 0 aromatic heterocycles. The van der Waals surface area contributed by atoms with Crippen molar-refractivity contribution in [3.63, 3.8) is 0 Å². The summed E-state index contributed by atoms with van der Waals surface area (Å²) in [6, 6.07) is 8.23. The number of nitrogens with two attached hydrogens (primary N) is 1. The standard InChI is InChI=1S/C16H24N2O/c1-3-12-8-10-13(11-9-12)18(2)16(19)14-6-4-5-7-15(14)17/h8-11,14-15H,3-7,17H2,1-2H3. The Morgan fingerprint density at radius 2 is 1.89 bits per heavy atom. The van der Waals surface area contributed by atoms with Gasteiger partial charge in [-0.3, -0.25) is 4.79 Å². The van der Waals surface area contributed by atoms with E-state index < -0.39 is 0 Å². The molecule has 0 aliphatic heterocycles. The lowest BCUT2D eigenvalue weighted by molar-refractivity contribution is -0.123. The molecule has 1 aliphatic carbocycles. The summed E-state index contributed by atoms with van der Waals surface area (Å²) >= 11 is 0. The lowest BCUT2D eigenvalue weighted by Crippen LogP contribution is -2.44. The van der Waals surface area contributed by atoms with Crippen LogP contribution in [0, 0.1) is 5.92 Å². The molecule has 2 atom stereocenters. The summed E-state index contributed by atoms with van der Waals surface area (Å²) in [6.07, 6.45) is 5.19. The summed E-state index contributed by atoms with van der Waals surface area (Å²) in [4.78, 5) is 14.3. The highest BCUT2D eigenvalue weighted by atomic mass is 16.2. The second-order valence-electron chi connectivity index (χ2n) is 5.47. The minimum Gasteiger partial charge on any atom is -0.327 e. The first kappa shape index (κ1) is 14.1. The first-order valence-electron chi connectivity index (χ1n) is 7.25.